The Morgan fingerprint density at radius 2 is 1.83 bits per heavy atom. The van der Waals surface area contributed by atoms with E-state index >= 15 is 0 Å². The van der Waals surface area contributed by atoms with Crippen LogP contribution in [0.5, 0.6) is 5.75 Å². The number of urea groups is 1. The Balaban J connectivity index is 1.55. The van der Waals surface area contributed by atoms with Crippen LogP contribution in [-0.4, -0.2) is 26.6 Å². The summed E-state index contributed by atoms with van der Waals surface area (Å²) in [7, 11) is -3.73. The number of amides is 3. The van der Waals surface area contributed by atoms with E-state index in [1.807, 2.05) is 4.72 Å². The highest BCUT2D eigenvalue weighted by Crippen LogP contribution is 2.33. The zero-order chi connectivity index (χ0) is 25.3. The summed E-state index contributed by atoms with van der Waals surface area (Å²) in [6.45, 7) is 1.65. The number of rotatable bonds is 6. The molecule has 11 heteroatoms. The molecule has 8 nitrogen and oxygen atoms in total. The molecule has 2 N–H and O–H groups in total. The molecule has 0 radical (unpaired) electrons. The van der Waals surface area contributed by atoms with Crippen LogP contribution in [0.25, 0.3) is 0 Å². The number of benzene rings is 3. The lowest BCUT2D eigenvalue weighted by atomic mass is 10.0. The molecule has 1 aliphatic heterocycles. The van der Waals surface area contributed by atoms with Gasteiger partial charge in [-0.15, -0.1) is 0 Å². The first-order chi connectivity index (χ1) is 16.5. The Morgan fingerprint density at radius 1 is 1.11 bits per heavy atom. The summed E-state index contributed by atoms with van der Waals surface area (Å²) in [5, 5.41) is 2.70. The van der Waals surface area contributed by atoms with Crippen LogP contribution in [0.3, 0.4) is 0 Å². The largest absolute Gasteiger partial charge is 0.489 e. The van der Waals surface area contributed by atoms with Gasteiger partial charge in [-0.1, -0.05) is 18.2 Å². The monoisotopic (exact) mass is 501 g/mol. The predicted molar refractivity (Wildman–Crippen MR) is 126 cm³/mol. The molecule has 0 saturated carbocycles. The molecule has 4 rings (SSSR count). The van der Waals surface area contributed by atoms with E-state index in [0.717, 1.165) is 24.0 Å². The van der Waals surface area contributed by atoms with Gasteiger partial charge in [-0.05, 0) is 48.4 Å². The van der Waals surface area contributed by atoms with Crippen LogP contribution in [0.2, 0.25) is 0 Å². The first kappa shape index (κ1) is 24.1. The van der Waals surface area contributed by atoms with Crippen molar-refractivity contribution in [1.82, 2.24) is 4.72 Å². The Kier molecular flexibility index (Phi) is 6.44. The lowest BCUT2D eigenvalue weighted by Crippen LogP contribution is -2.39. The molecule has 0 unspecified atom stereocenters. The maximum Gasteiger partial charge on any atom is 0.326 e. The molecule has 0 fully saturated rings. The van der Waals surface area contributed by atoms with Gasteiger partial charge in [-0.2, -0.15) is 0 Å². The highest BCUT2D eigenvalue weighted by atomic mass is 32.2. The van der Waals surface area contributed by atoms with E-state index in [1.54, 1.807) is 31.2 Å². The third kappa shape index (κ3) is 5.40. The summed E-state index contributed by atoms with van der Waals surface area (Å²) in [5.41, 5.74) is 2.24. The quantitative estimate of drug-likeness (QED) is 0.529. The Bertz CT molecular complexity index is 1420. The number of carbonyl (C=O) groups is 2. The van der Waals surface area contributed by atoms with Gasteiger partial charge in [0.25, 0.3) is 5.91 Å². The topological polar surface area (TPSA) is 105 Å². The van der Waals surface area contributed by atoms with Crippen LogP contribution in [0.4, 0.5) is 25.0 Å². The summed E-state index contributed by atoms with van der Waals surface area (Å²) in [6.07, 6.45) is 0.871. The molecule has 0 aliphatic carbocycles. The zero-order valence-electron chi connectivity index (χ0n) is 18.8. The number of halogens is 2. The second kappa shape index (κ2) is 9.34. The van der Waals surface area contributed by atoms with Gasteiger partial charge < -0.3 is 10.1 Å². The van der Waals surface area contributed by atoms with Crippen LogP contribution in [0.1, 0.15) is 27.0 Å². The predicted octanol–water partition coefficient (Wildman–Crippen LogP) is 4.09. The molecule has 1 heterocycles. The van der Waals surface area contributed by atoms with Gasteiger partial charge in [0.05, 0.1) is 24.1 Å². The molecule has 0 spiro atoms. The van der Waals surface area contributed by atoms with Gasteiger partial charge in [0.1, 0.15) is 24.0 Å². The fourth-order valence-electron chi connectivity index (χ4n) is 3.61. The van der Waals surface area contributed by atoms with Crippen LogP contribution in [0.15, 0.2) is 54.6 Å². The number of sulfonamides is 1. The van der Waals surface area contributed by atoms with E-state index < -0.39 is 33.6 Å². The minimum Gasteiger partial charge on any atom is -0.489 e. The molecule has 0 bridgehead atoms. The van der Waals surface area contributed by atoms with Gasteiger partial charge in [-0.25, -0.2) is 26.7 Å². The Morgan fingerprint density at radius 3 is 2.51 bits per heavy atom. The number of aryl methyl sites for hydroxylation is 1. The SMILES string of the molecule is Cc1ccc(OCc2c(F)cccc2F)cc1N1Cc2ccc(C(=O)NS(C)(=O)=O)cc2NC1=O. The minimum atomic E-state index is -3.73. The third-order valence-corrected chi connectivity index (χ3v) is 5.94. The molecule has 0 atom stereocenters. The number of nitrogens with zero attached hydrogens (tertiary/aromatic N) is 1. The van der Waals surface area contributed by atoms with Crippen LogP contribution in [0, 0.1) is 18.6 Å². The molecular formula is C24H21F2N3O5S. The van der Waals surface area contributed by atoms with E-state index in [0.29, 0.717) is 22.7 Å². The van der Waals surface area contributed by atoms with Crippen molar-refractivity contribution in [3.63, 3.8) is 0 Å². The third-order valence-electron chi connectivity index (χ3n) is 5.38. The molecule has 3 amide bonds. The maximum atomic E-state index is 13.9. The van der Waals surface area contributed by atoms with Crippen LogP contribution >= 0.6 is 0 Å². The highest BCUT2D eigenvalue weighted by molar-refractivity contribution is 7.89. The van der Waals surface area contributed by atoms with Crippen molar-refractivity contribution in [2.45, 2.75) is 20.1 Å². The van der Waals surface area contributed by atoms with Crippen LogP contribution in [-0.2, 0) is 23.2 Å². The summed E-state index contributed by atoms with van der Waals surface area (Å²) in [4.78, 5) is 26.5. The number of hydrogen-bond acceptors (Lipinski definition) is 5. The van der Waals surface area contributed by atoms with Gasteiger partial charge in [0.15, 0.2) is 0 Å². The van der Waals surface area contributed by atoms with Crippen molar-refractivity contribution in [1.29, 1.82) is 0 Å². The van der Waals surface area contributed by atoms with Gasteiger partial charge in [-0.3, -0.25) is 9.69 Å². The molecule has 0 saturated heterocycles. The molecule has 182 valence electrons. The average molecular weight is 502 g/mol. The van der Waals surface area contributed by atoms with Crippen molar-refractivity contribution in [3.8, 4) is 5.75 Å². The second-order valence-corrected chi connectivity index (χ2v) is 9.78. The van der Waals surface area contributed by atoms with Crippen LogP contribution < -0.4 is 19.7 Å². The summed E-state index contributed by atoms with van der Waals surface area (Å²) in [6, 6.07) is 12.5. The standard InChI is InChI=1S/C24H21F2N3O5S/c1-14-6-9-17(34-13-18-19(25)4-3-5-20(18)26)11-22(14)29-12-16-8-7-15(10-21(16)27-24(29)31)23(30)28-35(2,32)33/h3-11H,12-13H2,1-2H3,(H,27,31)(H,28,30). The highest BCUT2D eigenvalue weighted by Gasteiger charge is 2.26. The molecular weight excluding hydrogens is 480 g/mol. The van der Waals surface area contributed by atoms with Crippen molar-refractivity contribution < 1.29 is 31.5 Å². The molecule has 0 aromatic heterocycles. The summed E-state index contributed by atoms with van der Waals surface area (Å²) >= 11 is 0. The fraction of sp³-hybridized carbons (Fsp3) is 0.167. The minimum absolute atomic E-state index is 0.0786. The molecule has 35 heavy (non-hydrogen) atoms. The normalized spacial score (nSPS) is 13.1. The number of ether oxygens (including phenoxy) is 1. The smallest absolute Gasteiger partial charge is 0.326 e. The first-order valence-electron chi connectivity index (χ1n) is 10.4. The molecule has 3 aromatic rings. The fourth-order valence-corrected chi connectivity index (χ4v) is 4.07. The van der Waals surface area contributed by atoms with Crippen molar-refractivity contribution in [2.75, 3.05) is 16.5 Å². The van der Waals surface area contributed by atoms with Gasteiger partial charge in [0, 0.05) is 17.3 Å². The number of nitrogens with one attached hydrogen (secondary N) is 2. The summed E-state index contributed by atoms with van der Waals surface area (Å²) in [5.74, 6) is -1.92. The van der Waals surface area contributed by atoms with E-state index in [2.05, 4.69) is 5.32 Å². The Labute approximate surface area is 200 Å². The summed E-state index contributed by atoms with van der Waals surface area (Å²) < 4.78 is 57.9. The lowest BCUT2D eigenvalue weighted by molar-refractivity contribution is 0.0981. The molecule has 1 aliphatic rings. The van der Waals surface area contributed by atoms with E-state index in [-0.39, 0.29) is 24.3 Å². The van der Waals surface area contributed by atoms with Crippen molar-refractivity contribution >= 4 is 33.3 Å². The van der Waals surface area contributed by atoms with E-state index in [1.165, 1.54) is 23.1 Å². The number of hydrogen-bond donors (Lipinski definition) is 2. The lowest BCUT2D eigenvalue weighted by Gasteiger charge is -2.31. The van der Waals surface area contributed by atoms with Gasteiger partial charge >= 0.3 is 6.03 Å². The van der Waals surface area contributed by atoms with Crippen molar-refractivity contribution in [2.24, 2.45) is 0 Å². The van der Waals surface area contributed by atoms with E-state index in [4.69, 9.17) is 4.74 Å². The average Bonchev–Trinajstić information content (AvgIpc) is 2.78. The molecule has 3 aromatic carbocycles. The van der Waals surface area contributed by atoms with E-state index in [9.17, 15) is 26.8 Å². The van der Waals surface area contributed by atoms with Crippen molar-refractivity contribution in [3.05, 3.63) is 88.5 Å². The second-order valence-electron chi connectivity index (χ2n) is 8.03. The Hall–Kier alpha value is -3.99. The first-order valence-corrected chi connectivity index (χ1v) is 12.3. The number of fused-ring (bicyclic) bond motifs is 1. The van der Waals surface area contributed by atoms with Gasteiger partial charge in [0.2, 0.25) is 10.0 Å². The zero-order valence-corrected chi connectivity index (χ0v) is 19.6. The number of carbonyl (C=O) groups excluding carboxylic acids is 2. The number of anilines is 2. The maximum absolute atomic E-state index is 13.9.